The lowest BCUT2D eigenvalue weighted by molar-refractivity contribution is 0.0703. The SMILES string of the molecule is N#Cc1ccc2sc(C(=O)N3CCN(S(=O)(=O)c4ccc5cc(Cl)ccc5c4)CC3)cc2c1. The largest absolute Gasteiger partial charge is 0.335 e. The van der Waals surface area contributed by atoms with E-state index in [0.29, 0.717) is 28.6 Å². The molecule has 1 saturated heterocycles. The first kappa shape index (κ1) is 21.9. The summed E-state index contributed by atoms with van der Waals surface area (Å²) in [6.45, 7) is 1.10. The molecule has 1 fully saturated rings. The fraction of sp³-hybridized carbons (Fsp3) is 0.167. The van der Waals surface area contributed by atoms with Crippen LogP contribution in [0.1, 0.15) is 15.2 Å². The third-order valence-electron chi connectivity index (χ3n) is 5.79. The molecule has 1 aromatic heterocycles. The molecule has 5 rings (SSSR count). The Morgan fingerprint density at radius 1 is 0.909 bits per heavy atom. The maximum absolute atomic E-state index is 13.2. The van der Waals surface area contributed by atoms with E-state index in [0.717, 1.165) is 20.9 Å². The van der Waals surface area contributed by atoms with E-state index in [2.05, 4.69) is 6.07 Å². The van der Waals surface area contributed by atoms with Crippen molar-refractivity contribution in [1.82, 2.24) is 9.21 Å². The molecule has 1 aliphatic rings. The van der Waals surface area contributed by atoms with E-state index in [1.54, 1.807) is 59.5 Å². The summed E-state index contributed by atoms with van der Waals surface area (Å²) in [6.07, 6.45) is 0. The minimum absolute atomic E-state index is 0.116. The standard InChI is InChI=1S/C24H18ClN3O3S2/c25-20-4-2-18-13-21(5-3-17(18)12-20)33(30,31)28-9-7-27(8-10-28)24(29)23-14-19-11-16(15-26)1-6-22(19)32-23/h1-6,11-14H,7-10H2. The van der Waals surface area contributed by atoms with Gasteiger partial charge in [-0.15, -0.1) is 11.3 Å². The van der Waals surface area contributed by atoms with Gasteiger partial charge in [0.05, 0.1) is 21.4 Å². The normalized spacial score (nSPS) is 15.1. The van der Waals surface area contributed by atoms with Crippen LogP contribution >= 0.6 is 22.9 Å². The molecule has 1 amide bonds. The molecule has 4 aromatic rings. The molecular formula is C24H18ClN3O3S2. The number of sulfonamides is 1. The molecule has 0 radical (unpaired) electrons. The van der Waals surface area contributed by atoms with E-state index in [1.165, 1.54) is 15.6 Å². The predicted molar refractivity (Wildman–Crippen MR) is 130 cm³/mol. The van der Waals surface area contributed by atoms with Gasteiger partial charge >= 0.3 is 0 Å². The van der Waals surface area contributed by atoms with Crippen LogP contribution in [0.3, 0.4) is 0 Å². The molecule has 0 bridgehead atoms. The number of amides is 1. The van der Waals surface area contributed by atoms with Crippen molar-refractivity contribution in [2.75, 3.05) is 26.2 Å². The van der Waals surface area contributed by atoms with Crippen LogP contribution in [0.2, 0.25) is 5.02 Å². The molecule has 9 heteroatoms. The van der Waals surface area contributed by atoms with Crippen LogP contribution in [0, 0.1) is 11.3 Å². The van der Waals surface area contributed by atoms with Gasteiger partial charge in [0.1, 0.15) is 0 Å². The zero-order chi connectivity index (χ0) is 23.2. The monoisotopic (exact) mass is 495 g/mol. The minimum Gasteiger partial charge on any atom is -0.335 e. The summed E-state index contributed by atoms with van der Waals surface area (Å²) in [6, 6.07) is 19.6. The van der Waals surface area contributed by atoms with Crippen LogP contribution in [0.15, 0.2) is 65.6 Å². The van der Waals surface area contributed by atoms with Crippen molar-refractivity contribution < 1.29 is 13.2 Å². The van der Waals surface area contributed by atoms with Gasteiger partial charge in [-0.2, -0.15) is 9.57 Å². The Kier molecular flexibility index (Phi) is 5.59. The van der Waals surface area contributed by atoms with E-state index in [9.17, 15) is 13.2 Å². The lowest BCUT2D eigenvalue weighted by atomic mass is 10.1. The van der Waals surface area contributed by atoms with Crippen LogP contribution in [0.25, 0.3) is 20.9 Å². The average Bonchev–Trinajstić information content (AvgIpc) is 3.26. The van der Waals surface area contributed by atoms with Gasteiger partial charge in [0.2, 0.25) is 10.0 Å². The highest BCUT2D eigenvalue weighted by Crippen LogP contribution is 2.29. The van der Waals surface area contributed by atoms with E-state index in [1.807, 2.05) is 6.07 Å². The first-order valence-corrected chi connectivity index (χ1v) is 12.9. The molecular weight excluding hydrogens is 478 g/mol. The van der Waals surface area contributed by atoms with Gasteiger partial charge in [-0.1, -0.05) is 23.7 Å². The van der Waals surface area contributed by atoms with E-state index in [4.69, 9.17) is 16.9 Å². The van der Waals surface area contributed by atoms with Gasteiger partial charge in [-0.25, -0.2) is 8.42 Å². The number of benzene rings is 3. The number of nitrogens with zero attached hydrogens (tertiary/aromatic N) is 3. The van der Waals surface area contributed by atoms with E-state index in [-0.39, 0.29) is 23.9 Å². The van der Waals surface area contributed by atoms with Gasteiger partial charge in [-0.05, 0) is 64.7 Å². The van der Waals surface area contributed by atoms with Crippen LogP contribution in [-0.2, 0) is 10.0 Å². The Morgan fingerprint density at radius 3 is 2.39 bits per heavy atom. The van der Waals surface area contributed by atoms with Crippen molar-refractivity contribution in [3.05, 3.63) is 76.1 Å². The second-order valence-corrected chi connectivity index (χ2v) is 11.3. The number of nitriles is 1. The Hall–Kier alpha value is -2.96. The van der Waals surface area contributed by atoms with Crippen molar-refractivity contribution in [1.29, 1.82) is 5.26 Å². The number of carbonyl (C=O) groups is 1. The predicted octanol–water partition coefficient (Wildman–Crippen LogP) is 4.73. The zero-order valence-electron chi connectivity index (χ0n) is 17.4. The number of rotatable bonds is 3. The fourth-order valence-electron chi connectivity index (χ4n) is 4.01. The van der Waals surface area contributed by atoms with Gasteiger partial charge in [0.25, 0.3) is 5.91 Å². The highest BCUT2D eigenvalue weighted by atomic mass is 35.5. The zero-order valence-corrected chi connectivity index (χ0v) is 19.8. The molecule has 0 unspecified atom stereocenters. The minimum atomic E-state index is -3.67. The molecule has 33 heavy (non-hydrogen) atoms. The second-order valence-electron chi connectivity index (χ2n) is 7.82. The molecule has 0 saturated carbocycles. The Labute approximate surface area is 200 Å². The highest BCUT2D eigenvalue weighted by molar-refractivity contribution is 7.89. The highest BCUT2D eigenvalue weighted by Gasteiger charge is 2.31. The fourth-order valence-corrected chi connectivity index (χ4v) is 6.66. The molecule has 0 aliphatic carbocycles. The number of hydrogen-bond acceptors (Lipinski definition) is 5. The van der Waals surface area contributed by atoms with Crippen molar-refractivity contribution in [3.63, 3.8) is 0 Å². The van der Waals surface area contributed by atoms with Crippen LogP contribution in [0.5, 0.6) is 0 Å². The number of thiophene rings is 1. The molecule has 2 heterocycles. The molecule has 166 valence electrons. The van der Waals surface area contributed by atoms with Crippen LogP contribution in [0.4, 0.5) is 0 Å². The smallest absolute Gasteiger partial charge is 0.264 e. The summed E-state index contributed by atoms with van der Waals surface area (Å²) in [7, 11) is -3.67. The quantitative estimate of drug-likeness (QED) is 0.411. The number of carbonyl (C=O) groups excluding carboxylic acids is 1. The summed E-state index contributed by atoms with van der Waals surface area (Å²) in [5.41, 5.74) is 0.551. The van der Waals surface area contributed by atoms with Crippen molar-refractivity contribution in [3.8, 4) is 6.07 Å². The molecule has 1 aliphatic heterocycles. The summed E-state index contributed by atoms with van der Waals surface area (Å²) < 4.78 is 28.8. The number of fused-ring (bicyclic) bond motifs is 2. The summed E-state index contributed by atoms with van der Waals surface area (Å²) >= 11 is 7.40. The topological polar surface area (TPSA) is 81.5 Å². The average molecular weight is 496 g/mol. The van der Waals surface area contributed by atoms with E-state index >= 15 is 0 Å². The maximum Gasteiger partial charge on any atom is 0.264 e. The number of halogens is 1. The summed E-state index contributed by atoms with van der Waals surface area (Å²) in [5, 5.41) is 12.2. The Morgan fingerprint density at radius 2 is 1.64 bits per heavy atom. The van der Waals surface area contributed by atoms with Crippen molar-refractivity contribution in [2.24, 2.45) is 0 Å². The number of piperazine rings is 1. The Bertz CT molecular complexity index is 1550. The molecule has 0 spiro atoms. The van der Waals surface area contributed by atoms with Gasteiger partial charge in [0.15, 0.2) is 0 Å². The Balaban J connectivity index is 1.31. The maximum atomic E-state index is 13.2. The van der Waals surface area contributed by atoms with Crippen LogP contribution in [-0.4, -0.2) is 49.7 Å². The van der Waals surface area contributed by atoms with Gasteiger partial charge in [-0.3, -0.25) is 4.79 Å². The summed E-state index contributed by atoms with van der Waals surface area (Å²) in [4.78, 5) is 15.5. The molecule has 0 atom stereocenters. The second kappa shape index (κ2) is 8.43. The van der Waals surface area contributed by atoms with Crippen LogP contribution < -0.4 is 0 Å². The summed E-state index contributed by atoms with van der Waals surface area (Å²) in [5.74, 6) is -0.116. The molecule has 3 aromatic carbocycles. The molecule has 0 N–H and O–H groups in total. The third-order valence-corrected chi connectivity index (χ3v) is 9.03. The van der Waals surface area contributed by atoms with Gasteiger partial charge in [0, 0.05) is 35.9 Å². The first-order chi connectivity index (χ1) is 15.8. The van der Waals surface area contributed by atoms with Crippen molar-refractivity contribution in [2.45, 2.75) is 4.90 Å². The third kappa shape index (κ3) is 4.09. The van der Waals surface area contributed by atoms with Gasteiger partial charge < -0.3 is 4.90 Å². The number of hydrogen-bond donors (Lipinski definition) is 0. The van der Waals surface area contributed by atoms with Crippen molar-refractivity contribution >= 4 is 59.7 Å². The lowest BCUT2D eigenvalue weighted by Crippen LogP contribution is -2.50. The lowest BCUT2D eigenvalue weighted by Gasteiger charge is -2.33. The molecule has 6 nitrogen and oxygen atoms in total. The van der Waals surface area contributed by atoms with E-state index < -0.39 is 10.0 Å². The first-order valence-electron chi connectivity index (χ1n) is 10.3.